The molecular formula is C29H29ClF3N5O3. The Balaban J connectivity index is 1.58. The van der Waals surface area contributed by atoms with Gasteiger partial charge in [0, 0.05) is 50.3 Å². The van der Waals surface area contributed by atoms with Crippen molar-refractivity contribution >= 4 is 28.4 Å². The lowest BCUT2D eigenvalue weighted by Crippen LogP contribution is -2.46. The van der Waals surface area contributed by atoms with Crippen molar-refractivity contribution in [3.8, 4) is 5.88 Å². The van der Waals surface area contributed by atoms with Gasteiger partial charge in [0.15, 0.2) is 0 Å². The van der Waals surface area contributed by atoms with E-state index in [1.807, 2.05) is 0 Å². The minimum absolute atomic E-state index is 0.00715. The molecule has 1 aliphatic rings. The molecule has 1 saturated heterocycles. The number of benzene rings is 2. The smallest absolute Gasteiger partial charge is 0.416 e. The fraction of sp³-hybridized carbons (Fsp3) is 0.379. The number of nitrogens with zero attached hydrogens (tertiary/aromatic N) is 5. The van der Waals surface area contributed by atoms with Crippen LogP contribution in [0, 0.1) is 5.92 Å². The summed E-state index contributed by atoms with van der Waals surface area (Å²) in [5.74, 6) is 0.00877. The molecule has 1 N–H and O–H groups in total. The van der Waals surface area contributed by atoms with Crippen LogP contribution in [0.1, 0.15) is 47.7 Å². The van der Waals surface area contributed by atoms with Gasteiger partial charge in [0.2, 0.25) is 11.8 Å². The highest BCUT2D eigenvalue weighted by Gasteiger charge is 2.44. The van der Waals surface area contributed by atoms with Crippen LogP contribution in [0.4, 0.5) is 13.2 Å². The van der Waals surface area contributed by atoms with Crippen LogP contribution in [0.3, 0.4) is 0 Å². The zero-order chi connectivity index (χ0) is 29.5. The number of piperidine rings is 1. The first-order chi connectivity index (χ1) is 19.4. The number of halogens is 4. The van der Waals surface area contributed by atoms with Crippen molar-refractivity contribution in [1.29, 1.82) is 0 Å². The van der Waals surface area contributed by atoms with Crippen molar-refractivity contribution < 1.29 is 27.8 Å². The van der Waals surface area contributed by atoms with Gasteiger partial charge in [-0.3, -0.25) is 4.79 Å². The summed E-state index contributed by atoms with van der Waals surface area (Å²) in [5, 5.41) is 21.4. The van der Waals surface area contributed by atoms with Crippen LogP contribution in [0.2, 0.25) is 5.02 Å². The molecule has 0 radical (unpaired) electrons. The number of hydrogen-bond donors (Lipinski definition) is 1. The Hall–Kier alpha value is -3.70. The number of likely N-dealkylation sites (tertiary alicyclic amines) is 1. The number of carbonyl (C=O) groups excluding carboxylic acids is 1. The SMILES string of the molecule is COc1nc2ccc(C(O)(c3cnnn3C)C3CCN(C(C)=O)CC3)cc2c(Cl)c1Cc1ccc(C(F)(F)F)cc1. The Morgan fingerprint density at radius 2 is 1.78 bits per heavy atom. The van der Waals surface area contributed by atoms with Crippen molar-refractivity contribution in [3.63, 3.8) is 0 Å². The lowest BCUT2D eigenvalue weighted by molar-refractivity contribution is -0.137. The summed E-state index contributed by atoms with van der Waals surface area (Å²) >= 11 is 6.94. The Morgan fingerprint density at radius 3 is 2.34 bits per heavy atom. The fourth-order valence-electron chi connectivity index (χ4n) is 5.66. The molecule has 2 aromatic carbocycles. The van der Waals surface area contributed by atoms with Crippen molar-refractivity contribution in [2.75, 3.05) is 20.2 Å². The largest absolute Gasteiger partial charge is 0.481 e. The molecule has 1 atom stereocenters. The molecule has 1 amide bonds. The van der Waals surface area contributed by atoms with Crippen molar-refractivity contribution in [2.45, 2.75) is 38.0 Å². The van der Waals surface area contributed by atoms with Gasteiger partial charge in [0.25, 0.3) is 0 Å². The second kappa shape index (κ2) is 10.9. The predicted molar refractivity (Wildman–Crippen MR) is 147 cm³/mol. The third-order valence-corrected chi connectivity index (χ3v) is 8.34. The normalized spacial score (nSPS) is 16.1. The number of fused-ring (bicyclic) bond motifs is 1. The molecule has 0 bridgehead atoms. The van der Waals surface area contributed by atoms with E-state index in [1.54, 1.807) is 30.1 Å². The number of aliphatic hydroxyl groups is 1. The van der Waals surface area contributed by atoms with E-state index in [4.69, 9.17) is 16.3 Å². The maximum Gasteiger partial charge on any atom is 0.416 e. The average Bonchev–Trinajstić information content (AvgIpc) is 3.40. The molecule has 216 valence electrons. The van der Waals surface area contributed by atoms with E-state index in [-0.39, 0.29) is 24.1 Å². The van der Waals surface area contributed by atoms with Crippen LogP contribution < -0.4 is 4.74 Å². The van der Waals surface area contributed by atoms with E-state index in [2.05, 4.69) is 15.3 Å². The molecule has 3 heterocycles. The lowest BCUT2D eigenvalue weighted by atomic mass is 9.74. The van der Waals surface area contributed by atoms with E-state index in [0.29, 0.717) is 64.2 Å². The second-order valence-corrected chi connectivity index (χ2v) is 10.7. The second-order valence-electron chi connectivity index (χ2n) is 10.3. The van der Waals surface area contributed by atoms with Gasteiger partial charge in [-0.25, -0.2) is 9.67 Å². The highest BCUT2D eigenvalue weighted by Crippen LogP contribution is 2.44. The van der Waals surface area contributed by atoms with Crippen LogP contribution in [0.5, 0.6) is 5.88 Å². The van der Waals surface area contributed by atoms with E-state index in [0.717, 1.165) is 12.1 Å². The molecule has 12 heteroatoms. The first-order valence-corrected chi connectivity index (χ1v) is 13.5. The monoisotopic (exact) mass is 587 g/mol. The summed E-state index contributed by atoms with van der Waals surface area (Å²) < 4.78 is 46.2. The summed E-state index contributed by atoms with van der Waals surface area (Å²) in [6, 6.07) is 10.2. The van der Waals surface area contributed by atoms with E-state index in [9.17, 15) is 23.1 Å². The van der Waals surface area contributed by atoms with Crippen LogP contribution in [-0.2, 0) is 30.0 Å². The predicted octanol–water partition coefficient (Wildman–Crippen LogP) is 5.13. The number of alkyl halides is 3. The summed E-state index contributed by atoms with van der Waals surface area (Å²) in [6.07, 6.45) is -1.59. The molecule has 1 aliphatic heterocycles. The topological polar surface area (TPSA) is 93.4 Å². The minimum Gasteiger partial charge on any atom is -0.481 e. The average molecular weight is 588 g/mol. The van der Waals surface area contributed by atoms with Crippen LogP contribution in [0.25, 0.3) is 10.9 Å². The van der Waals surface area contributed by atoms with Crippen molar-refractivity contribution in [1.82, 2.24) is 24.9 Å². The first kappa shape index (κ1) is 28.8. The maximum atomic E-state index is 13.1. The number of hydrogen-bond acceptors (Lipinski definition) is 6. The Morgan fingerprint density at radius 1 is 1.12 bits per heavy atom. The first-order valence-electron chi connectivity index (χ1n) is 13.1. The van der Waals surface area contributed by atoms with Gasteiger partial charge in [0.1, 0.15) is 5.60 Å². The number of methoxy groups -OCH3 is 1. The van der Waals surface area contributed by atoms with Crippen LogP contribution >= 0.6 is 11.6 Å². The van der Waals surface area contributed by atoms with Gasteiger partial charge in [-0.15, -0.1) is 5.10 Å². The number of aromatic nitrogens is 4. The van der Waals surface area contributed by atoms with E-state index < -0.39 is 17.3 Å². The third kappa shape index (κ3) is 5.36. The number of amides is 1. The number of pyridine rings is 1. The number of ether oxygens (including phenoxy) is 1. The van der Waals surface area contributed by atoms with Gasteiger partial charge in [-0.1, -0.05) is 35.0 Å². The summed E-state index contributed by atoms with van der Waals surface area (Å²) in [7, 11) is 3.16. The number of aryl methyl sites for hydroxylation is 1. The lowest BCUT2D eigenvalue weighted by Gasteiger charge is -2.41. The Labute approximate surface area is 239 Å². The highest BCUT2D eigenvalue weighted by atomic mass is 35.5. The standard InChI is InChI=1S/C29H29ClF3N5O3/c1-17(39)38-12-10-19(11-13-38)28(40,25-16-34-36-37(25)2)21-8-9-24-22(15-21)26(30)23(27(35-24)41-3)14-18-4-6-20(7-5-18)29(31,32)33/h4-9,15-16,19,40H,10-14H2,1-3H3. The molecule has 0 saturated carbocycles. The molecule has 1 unspecified atom stereocenters. The van der Waals surface area contributed by atoms with Gasteiger partial charge in [-0.05, 0) is 48.2 Å². The molecule has 8 nitrogen and oxygen atoms in total. The Bertz CT molecular complexity index is 1580. The van der Waals surface area contributed by atoms with Crippen molar-refractivity contribution in [2.24, 2.45) is 13.0 Å². The number of carbonyl (C=O) groups is 1. The summed E-state index contributed by atoms with van der Waals surface area (Å²) in [4.78, 5) is 18.3. The van der Waals surface area contributed by atoms with E-state index >= 15 is 0 Å². The molecule has 5 rings (SSSR count). The van der Waals surface area contributed by atoms with Gasteiger partial charge in [0.05, 0.1) is 35.1 Å². The third-order valence-electron chi connectivity index (χ3n) is 7.91. The molecule has 2 aromatic heterocycles. The maximum absolute atomic E-state index is 13.1. The van der Waals surface area contributed by atoms with Crippen LogP contribution in [-0.4, -0.2) is 56.1 Å². The molecule has 1 fully saturated rings. The summed E-state index contributed by atoms with van der Waals surface area (Å²) in [5.41, 5.74) is 0.477. The highest BCUT2D eigenvalue weighted by molar-refractivity contribution is 6.36. The van der Waals surface area contributed by atoms with E-state index in [1.165, 1.54) is 37.0 Å². The summed E-state index contributed by atoms with van der Waals surface area (Å²) in [6.45, 7) is 2.56. The Kier molecular flexibility index (Phi) is 7.69. The molecule has 0 aliphatic carbocycles. The quantitative estimate of drug-likeness (QED) is 0.336. The molecular weight excluding hydrogens is 559 g/mol. The van der Waals surface area contributed by atoms with Crippen LogP contribution in [0.15, 0.2) is 48.7 Å². The molecule has 0 spiro atoms. The van der Waals surface area contributed by atoms with Gasteiger partial charge in [-0.2, -0.15) is 13.2 Å². The van der Waals surface area contributed by atoms with Gasteiger partial charge >= 0.3 is 6.18 Å². The fourth-order valence-corrected chi connectivity index (χ4v) is 5.96. The van der Waals surface area contributed by atoms with Crippen molar-refractivity contribution in [3.05, 3.63) is 81.6 Å². The zero-order valence-corrected chi connectivity index (χ0v) is 23.5. The number of rotatable bonds is 6. The molecule has 4 aromatic rings. The van der Waals surface area contributed by atoms with Gasteiger partial charge < -0.3 is 14.7 Å². The zero-order valence-electron chi connectivity index (χ0n) is 22.7. The molecule has 41 heavy (non-hydrogen) atoms. The minimum atomic E-state index is -4.43.